The number of aromatic nitrogens is 1. The van der Waals surface area contributed by atoms with Gasteiger partial charge < -0.3 is 14.8 Å². The zero-order valence-electron chi connectivity index (χ0n) is 12.6. The number of carbonyl (C=O) groups is 1. The van der Waals surface area contributed by atoms with Gasteiger partial charge >= 0.3 is 5.97 Å². The Labute approximate surface area is 142 Å². The first-order valence-electron chi connectivity index (χ1n) is 7.23. The molecule has 118 valence electrons. The lowest BCUT2D eigenvalue weighted by Crippen LogP contribution is -2.36. The molecule has 3 atom stereocenters. The molecule has 2 aromatic rings. The zero-order valence-corrected chi connectivity index (χ0v) is 14.8. The summed E-state index contributed by atoms with van der Waals surface area (Å²) >= 11 is 2.15. The minimum Gasteiger partial charge on any atom is -0.508 e. The van der Waals surface area contributed by atoms with Crippen molar-refractivity contribution < 1.29 is 14.6 Å². The van der Waals surface area contributed by atoms with E-state index in [2.05, 4.69) is 32.5 Å². The van der Waals surface area contributed by atoms with Crippen LogP contribution in [0.1, 0.15) is 29.6 Å². The third kappa shape index (κ3) is 2.28. The Kier molecular flexibility index (Phi) is 4.31. The minimum atomic E-state index is -0.344. The van der Waals surface area contributed by atoms with E-state index in [9.17, 15) is 9.90 Å². The van der Waals surface area contributed by atoms with Crippen LogP contribution < -0.4 is 0 Å². The number of phenols is 1. The quantitative estimate of drug-likeness (QED) is 0.428. The number of fused-ring (bicyclic) bond motifs is 6. The van der Waals surface area contributed by atoms with Gasteiger partial charge in [0.2, 0.25) is 0 Å². The molecule has 0 aliphatic carbocycles. The molecule has 4 rings (SSSR count). The Morgan fingerprint density at radius 3 is 2.95 bits per heavy atom. The van der Waals surface area contributed by atoms with Gasteiger partial charge in [-0.05, 0) is 41.7 Å². The molecule has 1 aromatic heterocycles. The first-order chi connectivity index (χ1) is 10.7. The molecule has 6 heteroatoms. The monoisotopic (exact) mass is 414 g/mol. The lowest BCUT2D eigenvalue weighted by atomic mass is 9.90. The van der Waals surface area contributed by atoms with Gasteiger partial charge in [-0.15, -0.1) is 0 Å². The molecule has 2 aliphatic heterocycles. The van der Waals surface area contributed by atoms with E-state index in [4.69, 9.17) is 4.74 Å². The number of halogens is 1. The number of alkyl halides is 1. The summed E-state index contributed by atoms with van der Waals surface area (Å²) in [5.74, 6) is 0.471. The number of benzene rings is 1. The highest BCUT2D eigenvalue weighted by Gasteiger charge is 2.44. The summed E-state index contributed by atoms with van der Waals surface area (Å²) in [6.45, 7) is 1.79. The highest BCUT2D eigenvalue weighted by atomic mass is 127. The molecule has 1 fully saturated rings. The lowest BCUT2D eigenvalue weighted by molar-refractivity contribution is -0.147. The maximum atomic E-state index is 12.1. The fourth-order valence-electron chi connectivity index (χ4n) is 3.70. The van der Waals surface area contributed by atoms with Crippen LogP contribution in [0.3, 0.4) is 0 Å². The number of hydrogen-bond acceptors (Lipinski definition) is 4. The number of rotatable bonds is 1. The molecule has 2 aliphatic rings. The van der Waals surface area contributed by atoms with Crippen LogP contribution in [0.2, 0.25) is 0 Å². The smallest absolute Gasteiger partial charge is 0.329 e. The molecule has 3 heterocycles. The van der Waals surface area contributed by atoms with E-state index in [1.54, 1.807) is 12.1 Å². The predicted molar refractivity (Wildman–Crippen MR) is 93.6 cm³/mol. The molecule has 5 nitrogen and oxygen atoms in total. The third-order valence-electron chi connectivity index (χ3n) is 4.54. The average molecular weight is 414 g/mol. The highest BCUT2D eigenvalue weighted by molar-refractivity contribution is 14.1. The zero-order chi connectivity index (χ0) is 15.9. The molecule has 0 radical (unpaired) electrons. The molecule has 1 aromatic carbocycles. The van der Waals surface area contributed by atoms with E-state index in [1.165, 1.54) is 12.7 Å². The number of aromatic hydroxyl groups is 1. The second-order valence-corrected chi connectivity index (χ2v) is 5.59. The number of aromatic amines is 1. The molecule has 22 heavy (non-hydrogen) atoms. The van der Waals surface area contributed by atoms with E-state index in [1.807, 2.05) is 11.0 Å². The van der Waals surface area contributed by atoms with Gasteiger partial charge in [0.15, 0.2) is 0 Å². The van der Waals surface area contributed by atoms with Gasteiger partial charge in [-0.3, -0.25) is 4.90 Å². The van der Waals surface area contributed by atoms with Gasteiger partial charge in [-0.2, -0.15) is 0 Å². The summed E-state index contributed by atoms with van der Waals surface area (Å²) in [7, 11) is 1.43. The maximum Gasteiger partial charge on any atom is 0.329 e. The molecule has 2 N–H and O–H groups in total. The summed E-state index contributed by atoms with van der Waals surface area (Å²) in [5, 5.41) is 10.8. The van der Waals surface area contributed by atoms with Crippen molar-refractivity contribution in [1.29, 1.82) is 0 Å². The number of carbonyl (C=O) groups excluding carboxylic acids is 1. The normalized spacial score (nSPS) is 25.3. The summed E-state index contributed by atoms with van der Waals surface area (Å²) in [6, 6.07) is 4.96. The van der Waals surface area contributed by atoms with Crippen LogP contribution in [0, 0.1) is 0 Å². The van der Waals surface area contributed by atoms with E-state index in [-0.39, 0.29) is 17.8 Å². The van der Waals surface area contributed by atoms with Gasteiger partial charge in [0.1, 0.15) is 11.8 Å². The summed E-state index contributed by atoms with van der Waals surface area (Å²) < 4.78 is 4.97. The summed E-state index contributed by atoms with van der Waals surface area (Å²) in [4.78, 5) is 19.6. The van der Waals surface area contributed by atoms with Crippen molar-refractivity contribution >= 4 is 39.5 Å². The van der Waals surface area contributed by atoms with Crippen molar-refractivity contribution in [3.05, 3.63) is 29.5 Å². The van der Waals surface area contributed by atoms with Crippen molar-refractivity contribution in [2.24, 2.45) is 0 Å². The maximum absolute atomic E-state index is 12.1. The second-order valence-electron chi connectivity index (χ2n) is 5.59. The van der Waals surface area contributed by atoms with E-state index in [0.717, 1.165) is 36.1 Å². The number of methoxy groups -OCH3 is 1. The third-order valence-corrected chi connectivity index (χ3v) is 4.54. The van der Waals surface area contributed by atoms with Crippen molar-refractivity contribution in [1.82, 2.24) is 9.88 Å². The number of hydrogen-bond donors (Lipinski definition) is 2. The molecule has 0 saturated carbocycles. The minimum absolute atomic E-state index is 0.220. The first-order valence-corrected chi connectivity index (χ1v) is 9.39. The standard InChI is InChI=1S/C15H16N2O3.CH3I/c1-20-15(19)14-13-12(8-4-5-17(14)7-8)10-6-9(18)2-3-11(10)16-13;1-2/h2-3,6,8,14,16,18H,4-5,7H2,1H3;1H3. The molecule has 1 saturated heterocycles. The highest BCUT2D eigenvalue weighted by Crippen LogP contribution is 2.46. The molecule has 2 bridgehead atoms. The van der Waals surface area contributed by atoms with Crippen LogP contribution in [0.15, 0.2) is 18.2 Å². The second kappa shape index (κ2) is 6.08. The van der Waals surface area contributed by atoms with Crippen LogP contribution in [0.5, 0.6) is 5.75 Å². The van der Waals surface area contributed by atoms with Crippen LogP contribution in [0.4, 0.5) is 0 Å². The Hall–Kier alpha value is -1.28. The number of H-pyrrole nitrogens is 1. The fraction of sp³-hybridized carbons (Fsp3) is 0.438. The number of nitrogens with zero attached hydrogens (tertiary/aromatic N) is 1. The molecule has 0 spiro atoms. The average Bonchev–Trinajstić information content (AvgIpc) is 3.11. The van der Waals surface area contributed by atoms with E-state index in [0.29, 0.717) is 5.92 Å². The SMILES string of the molecule is CI.COC(=O)C1c2[nH]c3ccc(O)cc3c2C2CCN1C2. The Morgan fingerprint density at radius 1 is 1.45 bits per heavy atom. The van der Waals surface area contributed by atoms with Gasteiger partial charge in [0.05, 0.1) is 7.11 Å². The molecule has 3 unspecified atom stereocenters. The lowest BCUT2D eigenvalue weighted by Gasteiger charge is -2.30. The molecule has 0 amide bonds. The Balaban J connectivity index is 0.000000693. The van der Waals surface area contributed by atoms with Crippen LogP contribution in [-0.2, 0) is 9.53 Å². The number of nitrogens with one attached hydrogen (secondary N) is 1. The van der Waals surface area contributed by atoms with Crippen molar-refractivity contribution in [3.63, 3.8) is 0 Å². The number of esters is 1. The molecular weight excluding hydrogens is 395 g/mol. The number of phenolic OH excluding ortho intramolecular Hbond substituents is 1. The van der Waals surface area contributed by atoms with Crippen molar-refractivity contribution in [3.8, 4) is 5.75 Å². The van der Waals surface area contributed by atoms with Gasteiger partial charge in [0.25, 0.3) is 0 Å². The Bertz CT molecular complexity index is 713. The topological polar surface area (TPSA) is 65.6 Å². The van der Waals surface area contributed by atoms with E-state index >= 15 is 0 Å². The first kappa shape index (κ1) is 15.6. The summed E-state index contributed by atoms with van der Waals surface area (Å²) in [6.07, 6.45) is 1.04. The van der Waals surface area contributed by atoms with Gasteiger partial charge in [-0.1, -0.05) is 22.6 Å². The van der Waals surface area contributed by atoms with Crippen LogP contribution in [0.25, 0.3) is 10.9 Å². The summed E-state index contributed by atoms with van der Waals surface area (Å²) in [5.41, 5.74) is 3.08. The largest absolute Gasteiger partial charge is 0.508 e. The Morgan fingerprint density at radius 2 is 2.23 bits per heavy atom. The molecular formula is C16H19IN2O3. The van der Waals surface area contributed by atoms with Crippen molar-refractivity contribution in [2.45, 2.75) is 18.4 Å². The van der Waals surface area contributed by atoms with Crippen LogP contribution >= 0.6 is 22.6 Å². The van der Waals surface area contributed by atoms with Crippen molar-refractivity contribution in [2.75, 3.05) is 25.1 Å². The van der Waals surface area contributed by atoms with Crippen LogP contribution in [-0.4, -0.2) is 46.1 Å². The van der Waals surface area contributed by atoms with Gasteiger partial charge in [-0.25, -0.2) is 4.79 Å². The fourth-order valence-corrected chi connectivity index (χ4v) is 3.70. The predicted octanol–water partition coefficient (Wildman–Crippen LogP) is 2.94. The number of ether oxygens (including phenoxy) is 1. The van der Waals surface area contributed by atoms with Gasteiger partial charge in [0, 0.05) is 29.1 Å². The van der Waals surface area contributed by atoms with E-state index < -0.39 is 0 Å².